The van der Waals surface area contributed by atoms with Crippen LogP contribution in [0.1, 0.15) is 37.3 Å². The fourth-order valence-electron chi connectivity index (χ4n) is 2.27. The van der Waals surface area contributed by atoms with Crippen molar-refractivity contribution >= 4 is 0 Å². The predicted octanol–water partition coefficient (Wildman–Crippen LogP) is 3.42. The largest absolute Gasteiger partial charge is 0.468 e. The summed E-state index contributed by atoms with van der Waals surface area (Å²) in [4.78, 5) is 0. The molecule has 0 amide bonds. The molecule has 0 saturated heterocycles. The van der Waals surface area contributed by atoms with Gasteiger partial charge in [0.1, 0.15) is 5.76 Å². The number of hydrogen-bond acceptors (Lipinski definition) is 4. The van der Waals surface area contributed by atoms with Gasteiger partial charge in [0.05, 0.1) is 12.3 Å². The minimum Gasteiger partial charge on any atom is -0.468 e. The average Bonchev–Trinajstić information content (AvgIpc) is 3.09. The Hall–Kier alpha value is -1.94. The van der Waals surface area contributed by atoms with Crippen LogP contribution in [-0.4, -0.2) is 6.79 Å². The van der Waals surface area contributed by atoms with Gasteiger partial charge in [-0.1, -0.05) is 6.07 Å². The third-order valence-electron chi connectivity index (χ3n) is 3.37. The zero-order valence-corrected chi connectivity index (χ0v) is 11.1. The maximum atomic E-state index is 5.40. The van der Waals surface area contributed by atoms with E-state index in [2.05, 4.69) is 25.2 Å². The van der Waals surface area contributed by atoms with Crippen molar-refractivity contribution in [2.24, 2.45) is 0 Å². The highest BCUT2D eigenvalue weighted by atomic mass is 16.7. The van der Waals surface area contributed by atoms with E-state index in [1.165, 1.54) is 5.56 Å². The minimum atomic E-state index is 0.162. The molecule has 0 spiro atoms. The summed E-state index contributed by atoms with van der Waals surface area (Å²) in [5.41, 5.74) is 1.17. The van der Waals surface area contributed by atoms with E-state index in [0.29, 0.717) is 6.79 Å². The van der Waals surface area contributed by atoms with Gasteiger partial charge in [0.25, 0.3) is 0 Å². The second-order valence-corrected chi connectivity index (χ2v) is 4.74. The molecule has 2 atom stereocenters. The predicted molar refractivity (Wildman–Crippen MR) is 71.2 cm³/mol. The lowest BCUT2D eigenvalue weighted by atomic mass is 10.1. The van der Waals surface area contributed by atoms with Crippen LogP contribution in [0.15, 0.2) is 41.0 Å². The summed E-state index contributed by atoms with van der Waals surface area (Å²) in [6.07, 6.45) is 1.69. The molecule has 0 saturated carbocycles. The van der Waals surface area contributed by atoms with Crippen LogP contribution in [0, 0.1) is 0 Å². The van der Waals surface area contributed by atoms with Crippen LogP contribution < -0.4 is 14.8 Å². The summed E-state index contributed by atoms with van der Waals surface area (Å²) >= 11 is 0. The van der Waals surface area contributed by atoms with Crippen LogP contribution in [0.4, 0.5) is 0 Å². The van der Waals surface area contributed by atoms with Crippen LogP contribution in [0.25, 0.3) is 0 Å². The smallest absolute Gasteiger partial charge is 0.231 e. The topological polar surface area (TPSA) is 43.6 Å². The lowest BCUT2D eigenvalue weighted by molar-refractivity contribution is 0.174. The van der Waals surface area contributed by atoms with Gasteiger partial charge in [-0.05, 0) is 43.7 Å². The first-order valence-corrected chi connectivity index (χ1v) is 6.43. The monoisotopic (exact) mass is 259 g/mol. The second kappa shape index (κ2) is 4.97. The summed E-state index contributed by atoms with van der Waals surface area (Å²) in [7, 11) is 0. The molecule has 0 radical (unpaired) electrons. The van der Waals surface area contributed by atoms with Gasteiger partial charge in [-0.2, -0.15) is 0 Å². The lowest BCUT2D eigenvalue weighted by Gasteiger charge is -2.19. The van der Waals surface area contributed by atoms with Crippen molar-refractivity contribution in [3.05, 3.63) is 47.9 Å². The Labute approximate surface area is 112 Å². The molecule has 2 heterocycles. The average molecular weight is 259 g/mol. The molecule has 1 aliphatic rings. The van der Waals surface area contributed by atoms with Crippen molar-refractivity contribution in [1.29, 1.82) is 0 Å². The van der Waals surface area contributed by atoms with Gasteiger partial charge in [0.15, 0.2) is 11.5 Å². The van der Waals surface area contributed by atoms with Crippen LogP contribution in [0.5, 0.6) is 11.5 Å². The van der Waals surface area contributed by atoms with E-state index in [1.54, 1.807) is 6.26 Å². The Morgan fingerprint density at radius 1 is 1.05 bits per heavy atom. The third-order valence-corrected chi connectivity index (χ3v) is 3.37. The zero-order chi connectivity index (χ0) is 13.2. The Kier molecular flexibility index (Phi) is 3.17. The molecule has 0 fully saturated rings. The number of fused-ring (bicyclic) bond motifs is 1. The molecule has 0 bridgehead atoms. The quantitative estimate of drug-likeness (QED) is 0.913. The first-order chi connectivity index (χ1) is 9.24. The van der Waals surface area contributed by atoms with Crippen molar-refractivity contribution < 1.29 is 13.9 Å². The van der Waals surface area contributed by atoms with Gasteiger partial charge in [0, 0.05) is 6.04 Å². The molecule has 4 heteroatoms. The molecule has 2 aromatic rings. The maximum Gasteiger partial charge on any atom is 0.231 e. The summed E-state index contributed by atoms with van der Waals surface area (Å²) in [6, 6.07) is 10.3. The molecule has 4 nitrogen and oxygen atoms in total. The standard InChI is InChI=1S/C15H17NO3/c1-10(16-11(2)13-4-3-7-17-13)12-5-6-14-15(8-12)19-9-18-14/h3-8,10-11,16H,9H2,1-2H3/t10?,11-/m0/s1. The van der Waals surface area contributed by atoms with Crippen molar-refractivity contribution in [2.75, 3.05) is 6.79 Å². The molecule has 1 aromatic carbocycles. The number of rotatable bonds is 4. The van der Waals surface area contributed by atoms with Crippen molar-refractivity contribution in [1.82, 2.24) is 5.32 Å². The summed E-state index contributed by atoms with van der Waals surface area (Å²) < 4.78 is 16.1. The van der Waals surface area contributed by atoms with Gasteiger partial charge in [-0.25, -0.2) is 0 Å². The lowest BCUT2D eigenvalue weighted by Crippen LogP contribution is -2.22. The fraction of sp³-hybridized carbons (Fsp3) is 0.333. The third kappa shape index (κ3) is 2.44. The summed E-state index contributed by atoms with van der Waals surface area (Å²) in [6.45, 7) is 4.52. The Bertz CT molecular complexity index is 551. The molecule has 3 rings (SSSR count). The van der Waals surface area contributed by atoms with Gasteiger partial charge < -0.3 is 19.2 Å². The van der Waals surface area contributed by atoms with Crippen LogP contribution in [0.2, 0.25) is 0 Å². The Balaban J connectivity index is 1.72. The number of ether oxygens (including phenoxy) is 2. The maximum absolute atomic E-state index is 5.40. The molecule has 100 valence electrons. The first-order valence-electron chi connectivity index (χ1n) is 6.43. The molecule has 1 aliphatic heterocycles. The normalized spacial score (nSPS) is 16.3. The highest BCUT2D eigenvalue weighted by molar-refractivity contribution is 5.45. The van der Waals surface area contributed by atoms with Crippen molar-refractivity contribution in [3.63, 3.8) is 0 Å². The van der Waals surface area contributed by atoms with E-state index >= 15 is 0 Å². The van der Waals surface area contributed by atoms with E-state index in [0.717, 1.165) is 17.3 Å². The van der Waals surface area contributed by atoms with E-state index in [9.17, 15) is 0 Å². The zero-order valence-electron chi connectivity index (χ0n) is 11.1. The SMILES string of the molecule is CC(N[C@@H](C)c1ccco1)c1ccc2c(c1)OCO2. The Morgan fingerprint density at radius 3 is 2.68 bits per heavy atom. The van der Waals surface area contributed by atoms with Crippen LogP contribution in [-0.2, 0) is 0 Å². The number of nitrogens with one attached hydrogen (secondary N) is 1. The van der Waals surface area contributed by atoms with E-state index in [-0.39, 0.29) is 12.1 Å². The molecule has 1 aromatic heterocycles. The summed E-state index contributed by atoms with van der Waals surface area (Å²) in [5, 5.41) is 3.50. The molecular formula is C15H17NO3. The molecule has 1 N–H and O–H groups in total. The van der Waals surface area contributed by atoms with E-state index in [1.807, 2.05) is 24.3 Å². The number of hydrogen-bond donors (Lipinski definition) is 1. The Morgan fingerprint density at radius 2 is 1.89 bits per heavy atom. The fourth-order valence-corrected chi connectivity index (χ4v) is 2.27. The number of furan rings is 1. The van der Waals surface area contributed by atoms with Gasteiger partial charge >= 0.3 is 0 Å². The van der Waals surface area contributed by atoms with E-state index < -0.39 is 0 Å². The van der Waals surface area contributed by atoms with E-state index in [4.69, 9.17) is 13.9 Å². The second-order valence-electron chi connectivity index (χ2n) is 4.74. The first kappa shape index (κ1) is 12.1. The van der Waals surface area contributed by atoms with Crippen LogP contribution >= 0.6 is 0 Å². The molecule has 1 unspecified atom stereocenters. The van der Waals surface area contributed by atoms with Gasteiger partial charge in [-0.3, -0.25) is 0 Å². The minimum absolute atomic E-state index is 0.162. The van der Waals surface area contributed by atoms with Gasteiger partial charge in [-0.15, -0.1) is 0 Å². The number of benzene rings is 1. The molecule has 0 aliphatic carbocycles. The highest BCUT2D eigenvalue weighted by Gasteiger charge is 2.17. The highest BCUT2D eigenvalue weighted by Crippen LogP contribution is 2.34. The van der Waals surface area contributed by atoms with Crippen molar-refractivity contribution in [2.45, 2.75) is 25.9 Å². The van der Waals surface area contributed by atoms with Crippen LogP contribution in [0.3, 0.4) is 0 Å². The van der Waals surface area contributed by atoms with Gasteiger partial charge in [0.2, 0.25) is 6.79 Å². The molecule has 19 heavy (non-hydrogen) atoms. The molecular weight excluding hydrogens is 242 g/mol. The van der Waals surface area contributed by atoms with Crippen molar-refractivity contribution in [3.8, 4) is 11.5 Å². The summed E-state index contributed by atoms with van der Waals surface area (Å²) in [5.74, 6) is 2.57.